The van der Waals surface area contributed by atoms with Crippen LogP contribution in [0.3, 0.4) is 0 Å². The molecule has 2 heterocycles. The summed E-state index contributed by atoms with van der Waals surface area (Å²) >= 11 is 4.66. The number of nitrogens with one attached hydrogen (secondary N) is 1. The molecular formula is C26H25BrN4O3S. The summed E-state index contributed by atoms with van der Waals surface area (Å²) in [6, 6.07) is 15.3. The molecule has 0 saturated carbocycles. The molecular weight excluding hydrogens is 528 g/mol. The zero-order valence-corrected chi connectivity index (χ0v) is 22.1. The Bertz CT molecular complexity index is 1290. The van der Waals surface area contributed by atoms with E-state index >= 15 is 0 Å². The van der Waals surface area contributed by atoms with Crippen LogP contribution in [-0.2, 0) is 17.8 Å². The van der Waals surface area contributed by atoms with Crippen molar-refractivity contribution in [1.82, 2.24) is 9.88 Å². The zero-order valence-electron chi connectivity index (χ0n) is 19.7. The Morgan fingerprint density at radius 2 is 2.00 bits per heavy atom. The quantitative estimate of drug-likeness (QED) is 0.407. The van der Waals surface area contributed by atoms with E-state index in [9.17, 15) is 10.1 Å². The second-order valence-corrected chi connectivity index (χ2v) is 9.98. The van der Waals surface area contributed by atoms with Crippen molar-refractivity contribution in [3.05, 3.63) is 63.8 Å². The number of nitriles is 1. The normalized spacial score (nSPS) is 13.0. The number of fused-ring (bicyclic) bond motifs is 1. The van der Waals surface area contributed by atoms with Gasteiger partial charge in [0.05, 0.1) is 25.5 Å². The first kappa shape index (κ1) is 25.0. The first-order valence-electron chi connectivity index (χ1n) is 11.0. The summed E-state index contributed by atoms with van der Waals surface area (Å²) in [5.74, 6) is 1.28. The maximum absolute atomic E-state index is 12.6. The number of thioether (sulfide) groups is 1. The van der Waals surface area contributed by atoms with Gasteiger partial charge < -0.3 is 19.7 Å². The third-order valence-corrected chi connectivity index (χ3v) is 7.27. The highest BCUT2D eigenvalue weighted by Gasteiger charge is 2.27. The third kappa shape index (κ3) is 5.61. The molecule has 0 aliphatic carbocycles. The predicted molar refractivity (Wildman–Crippen MR) is 141 cm³/mol. The summed E-state index contributed by atoms with van der Waals surface area (Å²) in [6.07, 6.45) is 0.759. The fourth-order valence-corrected chi connectivity index (χ4v) is 5.12. The van der Waals surface area contributed by atoms with Gasteiger partial charge >= 0.3 is 0 Å². The van der Waals surface area contributed by atoms with E-state index < -0.39 is 0 Å². The molecule has 1 N–H and O–H groups in total. The Morgan fingerprint density at radius 3 is 2.69 bits per heavy atom. The van der Waals surface area contributed by atoms with Gasteiger partial charge in [-0.2, -0.15) is 5.26 Å². The average molecular weight is 553 g/mol. The maximum atomic E-state index is 12.6. The Morgan fingerprint density at radius 1 is 1.23 bits per heavy atom. The van der Waals surface area contributed by atoms with Gasteiger partial charge in [-0.25, -0.2) is 4.98 Å². The number of methoxy groups -OCH3 is 2. The molecule has 9 heteroatoms. The van der Waals surface area contributed by atoms with Gasteiger partial charge in [0.2, 0.25) is 5.91 Å². The first-order chi connectivity index (χ1) is 16.9. The van der Waals surface area contributed by atoms with Gasteiger partial charge in [0.1, 0.15) is 22.6 Å². The largest absolute Gasteiger partial charge is 0.497 e. The van der Waals surface area contributed by atoms with Crippen molar-refractivity contribution >= 4 is 39.3 Å². The molecule has 4 rings (SSSR count). The van der Waals surface area contributed by atoms with Gasteiger partial charge in [0.25, 0.3) is 0 Å². The number of carbonyl (C=O) groups is 1. The van der Waals surface area contributed by atoms with Gasteiger partial charge in [-0.1, -0.05) is 27.7 Å². The predicted octanol–water partition coefficient (Wildman–Crippen LogP) is 5.12. The van der Waals surface area contributed by atoms with E-state index in [4.69, 9.17) is 14.5 Å². The van der Waals surface area contributed by atoms with Crippen molar-refractivity contribution in [1.29, 1.82) is 5.26 Å². The van der Waals surface area contributed by atoms with Crippen LogP contribution in [0.25, 0.3) is 11.1 Å². The monoisotopic (exact) mass is 552 g/mol. The van der Waals surface area contributed by atoms with Crippen LogP contribution in [0, 0.1) is 11.3 Å². The molecule has 1 aliphatic heterocycles. The van der Waals surface area contributed by atoms with E-state index in [1.807, 2.05) is 42.5 Å². The molecule has 180 valence electrons. The van der Waals surface area contributed by atoms with Gasteiger partial charge in [0, 0.05) is 46.5 Å². The fourth-order valence-electron chi connectivity index (χ4n) is 4.05. The second-order valence-electron chi connectivity index (χ2n) is 8.10. The van der Waals surface area contributed by atoms with Crippen LogP contribution in [0.4, 0.5) is 5.69 Å². The van der Waals surface area contributed by atoms with Gasteiger partial charge in [-0.05, 0) is 55.1 Å². The Balaban J connectivity index is 1.73. The fraction of sp³-hybridized carbons (Fsp3) is 0.269. The minimum atomic E-state index is -0.166. The van der Waals surface area contributed by atoms with Crippen LogP contribution in [0.2, 0.25) is 0 Å². The van der Waals surface area contributed by atoms with Crippen LogP contribution in [0.1, 0.15) is 16.8 Å². The number of carbonyl (C=O) groups excluding carboxylic acids is 1. The van der Waals surface area contributed by atoms with Crippen molar-refractivity contribution in [2.45, 2.75) is 18.0 Å². The molecule has 0 atom stereocenters. The van der Waals surface area contributed by atoms with E-state index in [-0.39, 0.29) is 11.7 Å². The van der Waals surface area contributed by atoms with E-state index in [0.29, 0.717) is 34.3 Å². The number of aromatic nitrogens is 1. The van der Waals surface area contributed by atoms with Crippen LogP contribution in [-0.4, -0.2) is 49.4 Å². The molecule has 35 heavy (non-hydrogen) atoms. The summed E-state index contributed by atoms with van der Waals surface area (Å²) in [4.78, 5) is 19.7. The van der Waals surface area contributed by atoms with E-state index in [2.05, 4.69) is 39.3 Å². The standard InChI is InChI=1S/C26H25BrN4O3S/c1-31-11-10-22-21(14-31)25(19-12-18(33-2)8-9-23(19)34-3)20(13-28)26(30-22)35-15-24(32)29-17-6-4-16(27)5-7-17/h4-9,12H,10-11,14-15H2,1-3H3,(H,29,32). The van der Waals surface area contributed by atoms with Crippen LogP contribution in [0.5, 0.6) is 11.5 Å². The minimum absolute atomic E-state index is 0.130. The van der Waals surface area contributed by atoms with Gasteiger partial charge in [0.15, 0.2) is 0 Å². The summed E-state index contributed by atoms with van der Waals surface area (Å²) in [7, 11) is 5.27. The average Bonchev–Trinajstić information content (AvgIpc) is 2.87. The molecule has 1 aromatic heterocycles. The highest BCUT2D eigenvalue weighted by atomic mass is 79.9. The number of nitrogens with zero attached hydrogens (tertiary/aromatic N) is 3. The number of halogens is 1. The maximum Gasteiger partial charge on any atom is 0.234 e. The lowest BCUT2D eigenvalue weighted by Gasteiger charge is -2.28. The number of hydrogen-bond acceptors (Lipinski definition) is 7. The smallest absolute Gasteiger partial charge is 0.234 e. The number of likely N-dealkylation sites (N-methyl/N-ethyl adjacent to an activating group) is 1. The first-order valence-corrected chi connectivity index (χ1v) is 12.8. The summed E-state index contributed by atoms with van der Waals surface area (Å²) < 4.78 is 12.1. The molecule has 0 saturated heterocycles. The Kier molecular flexibility index (Phi) is 7.96. The van der Waals surface area contributed by atoms with Crippen LogP contribution < -0.4 is 14.8 Å². The molecule has 1 aliphatic rings. The van der Waals surface area contributed by atoms with Crippen molar-refractivity contribution < 1.29 is 14.3 Å². The number of benzene rings is 2. The van der Waals surface area contributed by atoms with Gasteiger partial charge in [-0.15, -0.1) is 0 Å². The summed E-state index contributed by atoms with van der Waals surface area (Å²) in [5.41, 5.74) is 4.66. The van der Waals surface area contributed by atoms with Crippen molar-refractivity contribution in [3.63, 3.8) is 0 Å². The van der Waals surface area contributed by atoms with Crippen LogP contribution >= 0.6 is 27.7 Å². The number of anilines is 1. The molecule has 0 spiro atoms. The van der Waals surface area contributed by atoms with Crippen molar-refractivity contribution in [2.75, 3.05) is 38.9 Å². The highest BCUT2D eigenvalue weighted by Crippen LogP contribution is 2.42. The van der Waals surface area contributed by atoms with E-state index in [1.54, 1.807) is 14.2 Å². The molecule has 0 bridgehead atoms. The molecule has 7 nitrogen and oxygen atoms in total. The SMILES string of the molecule is COc1ccc(OC)c(-c2c(C#N)c(SCC(=O)Nc3ccc(Br)cc3)nc3c2CN(C)CC3)c1. The second kappa shape index (κ2) is 11.1. The molecule has 1 amide bonds. The molecule has 2 aromatic carbocycles. The Hall–Kier alpha value is -3.06. The topological polar surface area (TPSA) is 87.5 Å². The molecule has 0 fully saturated rings. The third-order valence-electron chi connectivity index (χ3n) is 5.76. The molecule has 0 unspecified atom stereocenters. The number of amides is 1. The Labute approximate surface area is 217 Å². The lowest BCUT2D eigenvalue weighted by molar-refractivity contribution is -0.113. The van der Waals surface area contributed by atoms with Crippen molar-refractivity contribution in [2.24, 2.45) is 0 Å². The number of pyridine rings is 1. The summed E-state index contributed by atoms with van der Waals surface area (Å²) in [5, 5.41) is 13.7. The van der Waals surface area contributed by atoms with E-state index in [0.717, 1.165) is 39.8 Å². The molecule has 3 aromatic rings. The molecule has 0 radical (unpaired) electrons. The number of ether oxygens (including phenoxy) is 2. The minimum Gasteiger partial charge on any atom is -0.497 e. The van der Waals surface area contributed by atoms with Gasteiger partial charge in [-0.3, -0.25) is 4.79 Å². The number of rotatable bonds is 7. The van der Waals surface area contributed by atoms with Crippen LogP contribution in [0.15, 0.2) is 52.0 Å². The lowest BCUT2D eigenvalue weighted by atomic mass is 9.91. The lowest BCUT2D eigenvalue weighted by Crippen LogP contribution is -2.28. The number of hydrogen-bond donors (Lipinski definition) is 1. The van der Waals surface area contributed by atoms with E-state index in [1.165, 1.54) is 11.8 Å². The highest BCUT2D eigenvalue weighted by molar-refractivity contribution is 9.10. The summed E-state index contributed by atoms with van der Waals surface area (Å²) in [6.45, 7) is 1.54. The van der Waals surface area contributed by atoms with Crippen molar-refractivity contribution in [3.8, 4) is 28.7 Å². The zero-order chi connectivity index (χ0) is 24.9.